The van der Waals surface area contributed by atoms with Gasteiger partial charge in [0.2, 0.25) is 0 Å². The van der Waals surface area contributed by atoms with Crippen LogP contribution in [0.2, 0.25) is 5.02 Å². The summed E-state index contributed by atoms with van der Waals surface area (Å²) in [6.07, 6.45) is 5.00. The van der Waals surface area contributed by atoms with Gasteiger partial charge in [0.25, 0.3) is 0 Å². The van der Waals surface area contributed by atoms with Gasteiger partial charge in [-0.05, 0) is 30.0 Å². The Bertz CT molecular complexity index is 404. The SMILES string of the molecule is Clc1ccc(Sc2ncccn2)nc1. The molecular weight excluding hydrogens is 218 g/mol. The van der Waals surface area contributed by atoms with Crippen molar-refractivity contribution in [3.63, 3.8) is 0 Å². The minimum atomic E-state index is 0.628. The molecule has 0 amide bonds. The van der Waals surface area contributed by atoms with E-state index in [-0.39, 0.29) is 0 Å². The molecule has 2 aromatic rings. The van der Waals surface area contributed by atoms with E-state index in [0.29, 0.717) is 10.2 Å². The highest BCUT2D eigenvalue weighted by molar-refractivity contribution is 7.99. The lowest BCUT2D eigenvalue weighted by molar-refractivity contribution is 0.960. The van der Waals surface area contributed by atoms with E-state index in [1.165, 1.54) is 11.8 Å². The van der Waals surface area contributed by atoms with Crippen LogP contribution in [0.5, 0.6) is 0 Å². The fourth-order valence-corrected chi connectivity index (χ4v) is 1.62. The van der Waals surface area contributed by atoms with Crippen LogP contribution in [0.15, 0.2) is 47.0 Å². The van der Waals surface area contributed by atoms with E-state index in [9.17, 15) is 0 Å². The van der Waals surface area contributed by atoms with Crippen LogP contribution in [0.25, 0.3) is 0 Å². The van der Waals surface area contributed by atoms with Crippen molar-refractivity contribution in [2.45, 2.75) is 10.2 Å². The Kier molecular flexibility index (Phi) is 2.96. The first-order valence-corrected chi connectivity index (χ1v) is 5.10. The van der Waals surface area contributed by atoms with Crippen LogP contribution >= 0.6 is 23.4 Å². The maximum absolute atomic E-state index is 5.71. The maximum atomic E-state index is 5.71. The molecule has 0 atom stereocenters. The third-order valence-corrected chi connectivity index (χ3v) is 2.51. The maximum Gasteiger partial charge on any atom is 0.193 e. The van der Waals surface area contributed by atoms with E-state index in [2.05, 4.69) is 15.0 Å². The van der Waals surface area contributed by atoms with Crippen molar-refractivity contribution in [2.24, 2.45) is 0 Å². The monoisotopic (exact) mass is 223 g/mol. The molecule has 0 aliphatic rings. The van der Waals surface area contributed by atoms with Gasteiger partial charge in [-0.2, -0.15) is 0 Å². The Hall–Kier alpha value is -1.13. The van der Waals surface area contributed by atoms with Crippen LogP contribution in [0, 0.1) is 0 Å². The number of hydrogen-bond acceptors (Lipinski definition) is 4. The summed E-state index contributed by atoms with van der Waals surface area (Å²) in [5.74, 6) is 0. The van der Waals surface area contributed by atoms with E-state index in [4.69, 9.17) is 11.6 Å². The lowest BCUT2D eigenvalue weighted by Gasteiger charge is -1.97. The van der Waals surface area contributed by atoms with E-state index >= 15 is 0 Å². The van der Waals surface area contributed by atoms with E-state index < -0.39 is 0 Å². The van der Waals surface area contributed by atoms with Crippen LogP contribution in [0.3, 0.4) is 0 Å². The zero-order valence-corrected chi connectivity index (χ0v) is 8.66. The van der Waals surface area contributed by atoms with Crippen LogP contribution in [-0.2, 0) is 0 Å². The predicted octanol–water partition coefficient (Wildman–Crippen LogP) is 2.68. The zero-order chi connectivity index (χ0) is 9.80. The molecule has 0 fully saturated rings. The highest BCUT2D eigenvalue weighted by Crippen LogP contribution is 2.22. The molecule has 0 spiro atoms. The van der Waals surface area contributed by atoms with Crippen molar-refractivity contribution >= 4 is 23.4 Å². The molecule has 5 heteroatoms. The topological polar surface area (TPSA) is 38.7 Å². The average Bonchev–Trinajstić information content (AvgIpc) is 2.23. The molecule has 70 valence electrons. The molecular formula is C9H6ClN3S. The summed E-state index contributed by atoms with van der Waals surface area (Å²) in [5, 5.41) is 2.14. The molecule has 3 nitrogen and oxygen atoms in total. The molecule has 0 saturated heterocycles. The van der Waals surface area contributed by atoms with Gasteiger partial charge in [-0.1, -0.05) is 11.6 Å². The number of halogens is 1. The summed E-state index contributed by atoms with van der Waals surface area (Å²) in [6.45, 7) is 0. The van der Waals surface area contributed by atoms with Crippen molar-refractivity contribution in [3.05, 3.63) is 41.8 Å². The highest BCUT2D eigenvalue weighted by Gasteiger charge is 1.99. The second-order valence-corrected chi connectivity index (χ2v) is 3.87. The zero-order valence-electron chi connectivity index (χ0n) is 7.09. The smallest absolute Gasteiger partial charge is 0.193 e. The molecule has 2 aromatic heterocycles. The first-order valence-electron chi connectivity index (χ1n) is 3.91. The highest BCUT2D eigenvalue weighted by atomic mass is 35.5. The van der Waals surface area contributed by atoms with Gasteiger partial charge < -0.3 is 0 Å². The first kappa shape index (κ1) is 9.43. The van der Waals surface area contributed by atoms with E-state index in [0.717, 1.165) is 5.03 Å². The fraction of sp³-hybridized carbons (Fsp3) is 0. The molecule has 0 bridgehead atoms. The molecule has 0 unspecified atom stereocenters. The summed E-state index contributed by atoms with van der Waals surface area (Å²) in [6, 6.07) is 5.41. The molecule has 2 heterocycles. The first-order chi connectivity index (χ1) is 6.84. The second kappa shape index (κ2) is 4.39. The van der Waals surface area contributed by atoms with Crippen LogP contribution < -0.4 is 0 Å². The minimum Gasteiger partial charge on any atom is -0.248 e. The molecule has 0 aromatic carbocycles. The van der Waals surface area contributed by atoms with E-state index in [1.807, 2.05) is 6.07 Å². The third kappa shape index (κ3) is 2.43. The normalized spacial score (nSPS) is 10.1. The summed E-state index contributed by atoms with van der Waals surface area (Å²) in [5.41, 5.74) is 0. The molecule has 0 aliphatic heterocycles. The third-order valence-electron chi connectivity index (χ3n) is 1.44. The Labute approximate surface area is 90.6 Å². The minimum absolute atomic E-state index is 0.628. The summed E-state index contributed by atoms with van der Waals surface area (Å²) >= 11 is 7.12. The predicted molar refractivity (Wildman–Crippen MR) is 55.4 cm³/mol. The van der Waals surface area contributed by atoms with Crippen molar-refractivity contribution in [2.75, 3.05) is 0 Å². The Morgan fingerprint density at radius 2 is 1.86 bits per heavy atom. The van der Waals surface area contributed by atoms with Crippen LogP contribution in [0.4, 0.5) is 0 Å². The Balaban J connectivity index is 2.16. The van der Waals surface area contributed by atoms with Gasteiger partial charge in [0.1, 0.15) is 5.03 Å². The van der Waals surface area contributed by atoms with Gasteiger partial charge in [0, 0.05) is 18.6 Å². The van der Waals surface area contributed by atoms with E-state index in [1.54, 1.807) is 30.7 Å². The lowest BCUT2D eigenvalue weighted by atomic mass is 10.5. The Morgan fingerprint density at radius 1 is 1.07 bits per heavy atom. The number of hydrogen-bond donors (Lipinski definition) is 0. The Morgan fingerprint density at radius 3 is 2.50 bits per heavy atom. The van der Waals surface area contributed by atoms with Gasteiger partial charge in [0.15, 0.2) is 5.16 Å². The lowest BCUT2D eigenvalue weighted by Crippen LogP contribution is -1.84. The molecule has 0 saturated carbocycles. The molecule has 0 radical (unpaired) electrons. The number of aromatic nitrogens is 3. The number of nitrogens with zero attached hydrogens (tertiary/aromatic N) is 3. The average molecular weight is 224 g/mol. The van der Waals surface area contributed by atoms with Crippen molar-refractivity contribution < 1.29 is 0 Å². The van der Waals surface area contributed by atoms with Gasteiger partial charge in [-0.15, -0.1) is 0 Å². The standard InChI is InChI=1S/C9H6ClN3S/c10-7-2-3-8(13-6-7)14-9-11-4-1-5-12-9/h1-6H. The van der Waals surface area contributed by atoms with Gasteiger partial charge in [0.05, 0.1) is 5.02 Å². The van der Waals surface area contributed by atoms with Gasteiger partial charge in [-0.3, -0.25) is 0 Å². The van der Waals surface area contributed by atoms with Crippen LogP contribution in [0.1, 0.15) is 0 Å². The molecule has 0 aliphatic carbocycles. The quantitative estimate of drug-likeness (QED) is 0.734. The number of pyridine rings is 1. The second-order valence-electron chi connectivity index (χ2n) is 2.45. The fourth-order valence-electron chi connectivity index (χ4n) is 0.854. The largest absolute Gasteiger partial charge is 0.248 e. The number of rotatable bonds is 2. The van der Waals surface area contributed by atoms with Crippen molar-refractivity contribution in [1.82, 2.24) is 15.0 Å². The van der Waals surface area contributed by atoms with Gasteiger partial charge >= 0.3 is 0 Å². The summed E-state index contributed by atoms with van der Waals surface area (Å²) in [7, 11) is 0. The van der Waals surface area contributed by atoms with Crippen molar-refractivity contribution in [3.8, 4) is 0 Å². The van der Waals surface area contributed by atoms with Crippen molar-refractivity contribution in [1.29, 1.82) is 0 Å². The molecule has 0 N–H and O–H groups in total. The van der Waals surface area contributed by atoms with Crippen LogP contribution in [-0.4, -0.2) is 15.0 Å². The molecule has 14 heavy (non-hydrogen) atoms. The summed E-state index contributed by atoms with van der Waals surface area (Å²) < 4.78 is 0. The summed E-state index contributed by atoms with van der Waals surface area (Å²) in [4.78, 5) is 12.3. The molecule has 2 rings (SSSR count). The van der Waals surface area contributed by atoms with Gasteiger partial charge in [-0.25, -0.2) is 15.0 Å².